The first-order valence-corrected chi connectivity index (χ1v) is 20.3. The second-order valence-electron chi connectivity index (χ2n) is 15.6. The van der Waals surface area contributed by atoms with Gasteiger partial charge in [-0.2, -0.15) is 0 Å². The van der Waals surface area contributed by atoms with Crippen LogP contribution in [0.3, 0.4) is 0 Å². The largest absolute Gasteiger partial charge is 0.456 e. The average molecular weight is 751 g/mol. The summed E-state index contributed by atoms with van der Waals surface area (Å²) in [6, 6.07) is 75.1. The Morgan fingerprint density at radius 1 is 0.254 bits per heavy atom. The molecule has 3 aromatic heterocycles. The fourth-order valence-electron chi connectivity index (χ4n) is 9.98. The maximum atomic E-state index is 6.25. The fourth-order valence-corrected chi connectivity index (χ4v) is 9.98. The van der Waals surface area contributed by atoms with Gasteiger partial charge in [-0.1, -0.05) is 133 Å². The number of nitrogens with zero attached hydrogens (tertiary/aromatic N) is 2. The molecule has 10 aromatic carbocycles. The summed E-state index contributed by atoms with van der Waals surface area (Å²) in [6.45, 7) is 0. The Bertz CT molecular complexity index is 3770. The van der Waals surface area contributed by atoms with Crippen LogP contribution in [0.15, 0.2) is 211 Å². The molecule has 13 rings (SSSR count). The summed E-state index contributed by atoms with van der Waals surface area (Å²) in [7, 11) is 0. The lowest BCUT2D eigenvalue weighted by atomic mass is 9.85. The van der Waals surface area contributed by atoms with Crippen LogP contribution in [-0.4, -0.2) is 9.13 Å². The van der Waals surface area contributed by atoms with Gasteiger partial charge in [0, 0.05) is 43.7 Å². The van der Waals surface area contributed by atoms with Gasteiger partial charge in [-0.3, -0.25) is 0 Å². The summed E-state index contributed by atoms with van der Waals surface area (Å²) in [5, 5.41) is 12.2. The Balaban J connectivity index is 1.11. The molecule has 0 fully saturated rings. The predicted octanol–water partition coefficient (Wildman–Crippen LogP) is 15.4. The monoisotopic (exact) mass is 750 g/mol. The molecule has 3 nitrogen and oxygen atoms in total. The normalized spacial score (nSPS) is 12.1. The Morgan fingerprint density at radius 3 is 1.29 bits per heavy atom. The molecule has 0 aliphatic rings. The molecule has 59 heavy (non-hydrogen) atoms. The van der Waals surface area contributed by atoms with Crippen LogP contribution in [0.5, 0.6) is 0 Å². The smallest absolute Gasteiger partial charge is 0.135 e. The van der Waals surface area contributed by atoms with E-state index in [1.165, 1.54) is 87.4 Å². The number of rotatable bonds is 4. The van der Waals surface area contributed by atoms with Crippen molar-refractivity contribution in [3.05, 3.63) is 206 Å². The zero-order chi connectivity index (χ0) is 38.6. The molecule has 3 heterocycles. The van der Waals surface area contributed by atoms with Gasteiger partial charge in [-0.25, -0.2) is 0 Å². The number of benzene rings is 10. The number of furan rings is 1. The van der Waals surface area contributed by atoms with Gasteiger partial charge in [-0.15, -0.1) is 0 Å². The van der Waals surface area contributed by atoms with Crippen LogP contribution in [0, 0.1) is 0 Å². The highest BCUT2D eigenvalue weighted by Gasteiger charge is 2.22. The lowest BCUT2D eigenvalue weighted by Crippen LogP contribution is -1.95. The lowest BCUT2D eigenvalue weighted by molar-refractivity contribution is 0.669. The van der Waals surface area contributed by atoms with E-state index >= 15 is 0 Å². The molecule has 0 spiro atoms. The van der Waals surface area contributed by atoms with E-state index in [9.17, 15) is 0 Å². The van der Waals surface area contributed by atoms with Crippen molar-refractivity contribution >= 4 is 87.1 Å². The molecule has 0 aliphatic heterocycles. The van der Waals surface area contributed by atoms with Crippen LogP contribution in [-0.2, 0) is 0 Å². The van der Waals surface area contributed by atoms with Crippen molar-refractivity contribution in [3.63, 3.8) is 0 Å². The summed E-state index contributed by atoms with van der Waals surface area (Å²) < 4.78 is 11.1. The second kappa shape index (κ2) is 12.3. The van der Waals surface area contributed by atoms with Crippen molar-refractivity contribution in [1.82, 2.24) is 9.13 Å². The Labute approximate surface area is 339 Å². The molecule has 13 aromatic rings. The molecule has 0 atom stereocenters. The van der Waals surface area contributed by atoms with Crippen LogP contribution < -0.4 is 0 Å². The van der Waals surface area contributed by atoms with Crippen LogP contribution in [0.1, 0.15) is 0 Å². The van der Waals surface area contributed by atoms with E-state index in [0.717, 1.165) is 33.3 Å². The maximum Gasteiger partial charge on any atom is 0.135 e. The van der Waals surface area contributed by atoms with Crippen LogP contribution in [0.2, 0.25) is 0 Å². The Hall–Kier alpha value is -7.88. The number of aromatic nitrogens is 2. The number of hydrogen-bond acceptors (Lipinski definition) is 1. The third kappa shape index (κ3) is 4.64. The summed E-state index contributed by atoms with van der Waals surface area (Å²) in [5.41, 5.74) is 13.8. The topological polar surface area (TPSA) is 23.0 Å². The fraction of sp³-hybridized carbons (Fsp3) is 0. The maximum absolute atomic E-state index is 6.25. The third-order valence-electron chi connectivity index (χ3n) is 12.5. The summed E-state index contributed by atoms with van der Waals surface area (Å²) in [6.07, 6.45) is 0. The minimum atomic E-state index is 0.907. The molecule has 0 N–H and O–H groups in total. The van der Waals surface area contributed by atoms with Crippen molar-refractivity contribution in [2.75, 3.05) is 0 Å². The lowest BCUT2D eigenvalue weighted by Gasteiger charge is -2.18. The summed E-state index contributed by atoms with van der Waals surface area (Å²) >= 11 is 0. The molecule has 3 heteroatoms. The van der Waals surface area contributed by atoms with Gasteiger partial charge in [0.1, 0.15) is 11.2 Å². The zero-order valence-electron chi connectivity index (χ0n) is 31.9. The van der Waals surface area contributed by atoms with Crippen molar-refractivity contribution in [2.24, 2.45) is 0 Å². The average Bonchev–Trinajstić information content (AvgIpc) is 3.94. The number of para-hydroxylation sites is 4. The molecule has 0 unspecified atom stereocenters. The minimum absolute atomic E-state index is 0.907. The van der Waals surface area contributed by atoms with Crippen molar-refractivity contribution < 1.29 is 4.42 Å². The predicted molar refractivity (Wildman–Crippen MR) is 248 cm³/mol. The van der Waals surface area contributed by atoms with Crippen LogP contribution >= 0.6 is 0 Å². The molecular formula is C56H34N2O. The first kappa shape index (κ1) is 32.2. The van der Waals surface area contributed by atoms with E-state index in [-0.39, 0.29) is 0 Å². The van der Waals surface area contributed by atoms with Gasteiger partial charge < -0.3 is 13.6 Å². The second-order valence-corrected chi connectivity index (χ2v) is 15.6. The van der Waals surface area contributed by atoms with Crippen molar-refractivity contribution in [3.8, 4) is 33.6 Å². The van der Waals surface area contributed by atoms with Crippen molar-refractivity contribution in [2.45, 2.75) is 0 Å². The molecule has 0 amide bonds. The van der Waals surface area contributed by atoms with Crippen LogP contribution in [0.25, 0.3) is 121 Å². The summed E-state index contributed by atoms with van der Waals surface area (Å²) in [5.74, 6) is 0. The molecule has 0 saturated heterocycles. The first-order chi connectivity index (χ1) is 29.3. The summed E-state index contributed by atoms with van der Waals surface area (Å²) in [4.78, 5) is 0. The Kier molecular flexibility index (Phi) is 6.72. The number of fused-ring (bicyclic) bond motifs is 11. The molecule has 0 aliphatic carbocycles. The van der Waals surface area contributed by atoms with Gasteiger partial charge >= 0.3 is 0 Å². The molecule has 0 radical (unpaired) electrons. The minimum Gasteiger partial charge on any atom is -0.456 e. The van der Waals surface area contributed by atoms with E-state index in [4.69, 9.17) is 4.42 Å². The van der Waals surface area contributed by atoms with Gasteiger partial charge in [-0.05, 0) is 117 Å². The van der Waals surface area contributed by atoms with E-state index < -0.39 is 0 Å². The molecular weight excluding hydrogens is 717 g/mol. The standard InChI is InChI=1S/C56H34N2O/c1-3-15-37(16-4-1)57-49-25-13-11-19-39(49)46-33-47-45-31-35(27-29-50(45)58(52(47)34-51(46)57)38-17-5-2-6-18-38)55-41-21-7-9-23-43(41)56(44-24-10-8-22-42(44)55)36-28-30-54-48(32-36)40-20-12-14-26-53(40)59-54/h1-34H. The van der Waals surface area contributed by atoms with Gasteiger partial charge in [0.15, 0.2) is 0 Å². The van der Waals surface area contributed by atoms with Gasteiger partial charge in [0.2, 0.25) is 0 Å². The SMILES string of the molecule is c1ccc(-n2c3ccccc3c3cc4c5cc(-c6c7ccccc7c(-c7ccc8oc9ccccc9c8c7)c7ccccc67)ccc5n(-c5ccccc5)c4cc32)cc1. The van der Waals surface area contributed by atoms with E-state index in [2.05, 4.69) is 203 Å². The molecule has 0 bridgehead atoms. The van der Waals surface area contributed by atoms with Gasteiger partial charge in [0.05, 0.1) is 22.1 Å². The third-order valence-corrected chi connectivity index (χ3v) is 12.5. The molecule has 0 saturated carbocycles. The highest BCUT2D eigenvalue weighted by atomic mass is 16.3. The highest BCUT2D eigenvalue weighted by molar-refractivity contribution is 6.24. The van der Waals surface area contributed by atoms with Crippen molar-refractivity contribution in [1.29, 1.82) is 0 Å². The van der Waals surface area contributed by atoms with E-state index in [0.29, 0.717) is 0 Å². The first-order valence-electron chi connectivity index (χ1n) is 20.3. The van der Waals surface area contributed by atoms with Gasteiger partial charge in [0.25, 0.3) is 0 Å². The molecule has 274 valence electrons. The van der Waals surface area contributed by atoms with Crippen LogP contribution in [0.4, 0.5) is 0 Å². The van der Waals surface area contributed by atoms with E-state index in [1.54, 1.807) is 0 Å². The highest BCUT2D eigenvalue weighted by Crippen LogP contribution is 2.47. The zero-order valence-corrected chi connectivity index (χ0v) is 31.9. The van der Waals surface area contributed by atoms with E-state index in [1.807, 2.05) is 12.1 Å². The number of hydrogen-bond donors (Lipinski definition) is 0. The quantitative estimate of drug-likeness (QED) is 0.164. The Morgan fingerprint density at radius 2 is 0.678 bits per heavy atom.